The fourth-order valence-corrected chi connectivity index (χ4v) is 3.04. The summed E-state index contributed by atoms with van der Waals surface area (Å²) in [5, 5.41) is 0. The predicted molar refractivity (Wildman–Crippen MR) is 94.5 cm³/mol. The molecule has 2 aromatic rings. The molecule has 1 fully saturated rings. The minimum atomic E-state index is -0.988. The Hall–Kier alpha value is -2.65. The van der Waals surface area contributed by atoms with Crippen molar-refractivity contribution in [3.63, 3.8) is 0 Å². The van der Waals surface area contributed by atoms with Gasteiger partial charge in [0.1, 0.15) is 6.10 Å². The van der Waals surface area contributed by atoms with Crippen LogP contribution in [0.15, 0.2) is 30.3 Å². The Labute approximate surface area is 156 Å². The summed E-state index contributed by atoms with van der Waals surface area (Å²) in [5.41, 5.74) is 0.791. The smallest absolute Gasteiger partial charge is 0.200 e. The Morgan fingerprint density at radius 3 is 2.33 bits per heavy atom. The number of ether oxygens (including phenoxy) is 3. The Kier molecular flexibility index (Phi) is 5.92. The van der Waals surface area contributed by atoms with E-state index in [9.17, 15) is 13.2 Å². The van der Waals surface area contributed by atoms with Crippen molar-refractivity contribution in [3.8, 4) is 23.3 Å². The number of methoxy groups -OCH3 is 2. The second kappa shape index (κ2) is 8.36. The molecule has 142 valence electrons. The molecule has 1 aliphatic rings. The molecule has 2 aromatic carbocycles. The molecule has 0 N–H and O–H groups in total. The molecule has 3 rings (SSSR count). The van der Waals surface area contributed by atoms with E-state index in [1.165, 1.54) is 38.5 Å². The van der Waals surface area contributed by atoms with Crippen LogP contribution < -0.4 is 9.47 Å². The number of halogens is 3. The lowest BCUT2D eigenvalue weighted by Gasteiger charge is -2.27. The van der Waals surface area contributed by atoms with Gasteiger partial charge in [-0.2, -0.15) is 4.39 Å². The van der Waals surface area contributed by atoms with Crippen molar-refractivity contribution < 1.29 is 27.4 Å². The van der Waals surface area contributed by atoms with Gasteiger partial charge in [-0.05, 0) is 42.7 Å². The average molecular weight is 376 g/mol. The first-order chi connectivity index (χ1) is 13.0. The van der Waals surface area contributed by atoms with Gasteiger partial charge in [0, 0.05) is 11.5 Å². The van der Waals surface area contributed by atoms with E-state index >= 15 is 0 Å². The molecule has 3 nitrogen and oxygen atoms in total. The summed E-state index contributed by atoms with van der Waals surface area (Å²) in [4.78, 5) is 0. The third-order valence-electron chi connectivity index (χ3n) is 4.54. The van der Waals surface area contributed by atoms with Gasteiger partial charge in [-0.3, -0.25) is 0 Å². The lowest BCUT2D eigenvalue weighted by Crippen LogP contribution is -2.24. The molecule has 0 bridgehead atoms. The minimum Gasteiger partial charge on any atom is -0.494 e. The van der Waals surface area contributed by atoms with Gasteiger partial charge in [0.2, 0.25) is 5.82 Å². The highest BCUT2D eigenvalue weighted by Crippen LogP contribution is 2.33. The summed E-state index contributed by atoms with van der Waals surface area (Å²) in [6.45, 7) is 0.235. The number of benzene rings is 2. The molecule has 1 saturated heterocycles. The quantitative estimate of drug-likeness (QED) is 0.742. The van der Waals surface area contributed by atoms with Crippen LogP contribution in [-0.4, -0.2) is 26.9 Å². The Morgan fingerprint density at radius 2 is 1.70 bits per heavy atom. The monoisotopic (exact) mass is 376 g/mol. The number of hydrogen-bond donors (Lipinski definition) is 0. The van der Waals surface area contributed by atoms with E-state index in [1.54, 1.807) is 6.07 Å². The molecule has 1 aliphatic heterocycles. The predicted octanol–water partition coefficient (Wildman–Crippen LogP) is 4.44. The molecule has 6 heteroatoms. The SMILES string of the molecule is COc1ccc(C#CC2CCC(c3ccc(OC)c(F)c3F)CO2)cc1F. The van der Waals surface area contributed by atoms with E-state index in [4.69, 9.17) is 14.2 Å². The van der Waals surface area contributed by atoms with Gasteiger partial charge < -0.3 is 14.2 Å². The first kappa shape index (κ1) is 19.1. The highest BCUT2D eigenvalue weighted by atomic mass is 19.2. The van der Waals surface area contributed by atoms with Gasteiger partial charge >= 0.3 is 0 Å². The lowest BCUT2D eigenvalue weighted by molar-refractivity contribution is 0.0374. The molecule has 0 saturated carbocycles. The molecule has 0 radical (unpaired) electrons. The molecular formula is C21H19F3O3. The second-order valence-electron chi connectivity index (χ2n) is 6.20. The summed E-state index contributed by atoms with van der Waals surface area (Å²) in [6, 6.07) is 7.41. The normalized spacial score (nSPS) is 19.1. The summed E-state index contributed by atoms with van der Waals surface area (Å²) in [5.74, 6) is 3.25. The summed E-state index contributed by atoms with van der Waals surface area (Å²) >= 11 is 0. The lowest BCUT2D eigenvalue weighted by atomic mass is 9.91. The molecule has 1 heterocycles. The van der Waals surface area contributed by atoms with Gasteiger partial charge in [0.15, 0.2) is 23.1 Å². The van der Waals surface area contributed by atoms with E-state index in [1.807, 2.05) is 0 Å². The first-order valence-corrected chi connectivity index (χ1v) is 8.52. The fraction of sp³-hybridized carbons (Fsp3) is 0.333. The van der Waals surface area contributed by atoms with Crippen LogP contribution in [0.1, 0.15) is 29.9 Å². The highest BCUT2D eigenvalue weighted by Gasteiger charge is 2.26. The van der Waals surface area contributed by atoms with Gasteiger partial charge in [-0.15, -0.1) is 0 Å². The maximum Gasteiger partial charge on any atom is 0.200 e. The van der Waals surface area contributed by atoms with Crippen molar-refractivity contribution in [2.24, 2.45) is 0 Å². The van der Waals surface area contributed by atoms with Crippen molar-refractivity contribution in [1.29, 1.82) is 0 Å². The largest absolute Gasteiger partial charge is 0.494 e. The molecular weight excluding hydrogens is 357 g/mol. The first-order valence-electron chi connectivity index (χ1n) is 8.52. The van der Waals surface area contributed by atoms with Crippen LogP contribution in [0.4, 0.5) is 13.2 Å². The van der Waals surface area contributed by atoms with Crippen LogP contribution in [0.25, 0.3) is 0 Å². The molecule has 2 unspecified atom stereocenters. The summed E-state index contributed by atoms with van der Waals surface area (Å²) in [7, 11) is 2.69. The summed E-state index contributed by atoms with van der Waals surface area (Å²) < 4.78 is 57.1. The average Bonchev–Trinajstić information content (AvgIpc) is 2.69. The van der Waals surface area contributed by atoms with Crippen LogP contribution in [0.5, 0.6) is 11.5 Å². The number of rotatable bonds is 3. The third-order valence-corrected chi connectivity index (χ3v) is 4.54. The van der Waals surface area contributed by atoms with Crippen molar-refractivity contribution in [2.45, 2.75) is 24.9 Å². The van der Waals surface area contributed by atoms with E-state index in [-0.39, 0.29) is 35.7 Å². The maximum absolute atomic E-state index is 14.2. The second-order valence-corrected chi connectivity index (χ2v) is 6.20. The van der Waals surface area contributed by atoms with E-state index < -0.39 is 17.5 Å². The Bertz CT molecular complexity index is 878. The van der Waals surface area contributed by atoms with Gasteiger partial charge in [0.25, 0.3) is 0 Å². The van der Waals surface area contributed by atoms with Crippen LogP contribution >= 0.6 is 0 Å². The van der Waals surface area contributed by atoms with Crippen molar-refractivity contribution in [1.82, 2.24) is 0 Å². The molecule has 2 atom stereocenters. The molecule has 0 amide bonds. The van der Waals surface area contributed by atoms with Crippen LogP contribution in [-0.2, 0) is 4.74 Å². The third kappa shape index (κ3) is 4.20. The van der Waals surface area contributed by atoms with Gasteiger partial charge in [0.05, 0.1) is 20.8 Å². The topological polar surface area (TPSA) is 27.7 Å². The van der Waals surface area contributed by atoms with Crippen LogP contribution in [0.3, 0.4) is 0 Å². The van der Waals surface area contributed by atoms with Crippen LogP contribution in [0, 0.1) is 29.3 Å². The van der Waals surface area contributed by atoms with Crippen LogP contribution in [0.2, 0.25) is 0 Å². The minimum absolute atomic E-state index is 0.122. The highest BCUT2D eigenvalue weighted by molar-refractivity contribution is 5.40. The van der Waals surface area contributed by atoms with Gasteiger partial charge in [-0.1, -0.05) is 17.9 Å². The Morgan fingerprint density at radius 1 is 0.963 bits per heavy atom. The van der Waals surface area contributed by atoms with Crippen molar-refractivity contribution in [2.75, 3.05) is 20.8 Å². The Balaban J connectivity index is 1.65. The van der Waals surface area contributed by atoms with E-state index in [0.717, 1.165) is 0 Å². The van der Waals surface area contributed by atoms with Gasteiger partial charge in [-0.25, -0.2) is 8.78 Å². The fourth-order valence-electron chi connectivity index (χ4n) is 3.04. The number of hydrogen-bond acceptors (Lipinski definition) is 3. The van der Waals surface area contributed by atoms with Crippen molar-refractivity contribution >= 4 is 0 Å². The zero-order chi connectivity index (χ0) is 19.4. The maximum atomic E-state index is 14.2. The van der Waals surface area contributed by atoms with E-state index in [0.29, 0.717) is 18.4 Å². The molecule has 0 spiro atoms. The summed E-state index contributed by atoms with van der Waals surface area (Å²) in [6.07, 6.45) is 0.847. The molecule has 27 heavy (non-hydrogen) atoms. The van der Waals surface area contributed by atoms with Crippen molar-refractivity contribution in [3.05, 3.63) is 58.9 Å². The zero-order valence-electron chi connectivity index (χ0n) is 15.0. The zero-order valence-corrected chi connectivity index (χ0v) is 15.0. The molecule has 0 aromatic heterocycles. The molecule has 0 aliphatic carbocycles. The van der Waals surface area contributed by atoms with E-state index in [2.05, 4.69) is 11.8 Å². The standard InChI is InChI=1S/C21H19F3O3/c1-25-18-9-4-13(11-17(18)22)3-6-15-7-5-14(12-27-15)16-8-10-19(26-2)21(24)20(16)23/h4,8-11,14-15H,5,7,12H2,1-2H3.